The van der Waals surface area contributed by atoms with E-state index in [9.17, 15) is 0 Å². The van der Waals surface area contributed by atoms with Gasteiger partial charge in [-0.05, 0) is 35.2 Å². The topological polar surface area (TPSA) is 29.0 Å². The smallest absolute Gasteiger partial charge is 0.131 e. The van der Waals surface area contributed by atoms with Gasteiger partial charge < -0.3 is 0 Å². The lowest BCUT2D eigenvalue weighted by molar-refractivity contribution is 0.242. The molecule has 0 amide bonds. The average Bonchev–Trinajstić information content (AvgIpc) is 3.08. The summed E-state index contributed by atoms with van der Waals surface area (Å²) in [4.78, 5) is 12.2. The maximum absolute atomic E-state index is 4.93. The maximum atomic E-state index is 4.93. The van der Waals surface area contributed by atoms with Crippen molar-refractivity contribution in [2.45, 2.75) is 57.5 Å². The Morgan fingerprint density at radius 3 is 2.95 bits per heavy atom. The van der Waals surface area contributed by atoms with Crippen molar-refractivity contribution >= 4 is 11.3 Å². The second kappa shape index (κ2) is 6.47. The lowest BCUT2D eigenvalue weighted by atomic mass is 9.88. The summed E-state index contributed by atoms with van der Waals surface area (Å²) >= 11 is 1.78. The van der Waals surface area contributed by atoms with E-state index in [1.54, 1.807) is 11.3 Å². The van der Waals surface area contributed by atoms with Crippen LogP contribution in [0.3, 0.4) is 0 Å². The van der Waals surface area contributed by atoms with Crippen LogP contribution in [0.15, 0.2) is 23.0 Å². The van der Waals surface area contributed by atoms with Gasteiger partial charge in [0.2, 0.25) is 0 Å². The van der Waals surface area contributed by atoms with Gasteiger partial charge in [0.25, 0.3) is 0 Å². The highest BCUT2D eigenvalue weighted by molar-refractivity contribution is 7.07. The monoisotopic (exact) mass is 313 g/mol. The standard InChI is InChI=1S/C18H23N3S/c1-2-4-15(5-3-1)18-19-10-16-12-21(8-6-17(16)20-18)11-14-7-9-22-13-14/h7,9-10,13,15H,1-6,8,11-12H2. The molecule has 0 atom stereocenters. The molecule has 0 aromatic carbocycles. The molecule has 2 aromatic heterocycles. The molecule has 116 valence electrons. The predicted octanol–water partition coefficient (Wildman–Crippen LogP) is 4.14. The van der Waals surface area contributed by atoms with Crippen LogP contribution < -0.4 is 0 Å². The fourth-order valence-electron chi connectivity index (χ4n) is 3.72. The Morgan fingerprint density at radius 2 is 2.14 bits per heavy atom. The van der Waals surface area contributed by atoms with Crippen LogP contribution >= 0.6 is 11.3 Å². The Kier molecular flexibility index (Phi) is 4.22. The third kappa shape index (κ3) is 3.08. The number of aromatic nitrogens is 2. The first-order valence-corrected chi connectivity index (χ1v) is 9.41. The molecule has 0 N–H and O–H groups in total. The first kappa shape index (κ1) is 14.3. The number of nitrogens with zero attached hydrogens (tertiary/aromatic N) is 3. The summed E-state index contributed by atoms with van der Waals surface area (Å²) < 4.78 is 0. The summed E-state index contributed by atoms with van der Waals surface area (Å²) in [6.45, 7) is 3.16. The van der Waals surface area contributed by atoms with Gasteiger partial charge in [0.15, 0.2) is 0 Å². The molecule has 1 aliphatic carbocycles. The van der Waals surface area contributed by atoms with Crippen molar-refractivity contribution in [1.82, 2.24) is 14.9 Å². The van der Waals surface area contributed by atoms with E-state index in [1.165, 1.54) is 48.9 Å². The molecule has 0 unspecified atom stereocenters. The van der Waals surface area contributed by atoms with E-state index in [4.69, 9.17) is 9.97 Å². The predicted molar refractivity (Wildman–Crippen MR) is 90.0 cm³/mol. The van der Waals surface area contributed by atoms with Gasteiger partial charge in [-0.2, -0.15) is 11.3 Å². The molecule has 1 fully saturated rings. The molecule has 3 nitrogen and oxygen atoms in total. The van der Waals surface area contributed by atoms with Crippen molar-refractivity contribution in [3.05, 3.63) is 45.7 Å². The van der Waals surface area contributed by atoms with Crippen LogP contribution in [0.1, 0.15) is 60.7 Å². The number of fused-ring (bicyclic) bond motifs is 1. The summed E-state index contributed by atoms with van der Waals surface area (Å²) in [5.41, 5.74) is 4.06. The maximum Gasteiger partial charge on any atom is 0.131 e. The molecule has 0 bridgehead atoms. The van der Waals surface area contributed by atoms with Gasteiger partial charge in [0, 0.05) is 49.4 Å². The first-order chi connectivity index (χ1) is 10.9. The van der Waals surface area contributed by atoms with Crippen molar-refractivity contribution in [2.24, 2.45) is 0 Å². The third-order valence-corrected chi connectivity index (χ3v) is 5.72. The van der Waals surface area contributed by atoms with E-state index in [2.05, 4.69) is 27.9 Å². The highest BCUT2D eigenvalue weighted by Crippen LogP contribution is 2.31. The Morgan fingerprint density at radius 1 is 1.23 bits per heavy atom. The molecule has 2 aliphatic rings. The van der Waals surface area contributed by atoms with Gasteiger partial charge in [-0.25, -0.2) is 9.97 Å². The fraction of sp³-hybridized carbons (Fsp3) is 0.556. The van der Waals surface area contributed by atoms with Gasteiger partial charge in [-0.3, -0.25) is 4.90 Å². The number of hydrogen-bond acceptors (Lipinski definition) is 4. The molecule has 4 rings (SSSR count). The number of hydrogen-bond donors (Lipinski definition) is 0. The minimum Gasteiger partial charge on any atom is -0.294 e. The van der Waals surface area contributed by atoms with E-state index in [-0.39, 0.29) is 0 Å². The summed E-state index contributed by atoms with van der Waals surface area (Å²) in [6.07, 6.45) is 9.82. The van der Waals surface area contributed by atoms with Gasteiger partial charge in [0.05, 0.1) is 0 Å². The van der Waals surface area contributed by atoms with Crippen molar-refractivity contribution in [3.63, 3.8) is 0 Å². The van der Waals surface area contributed by atoms with Crippen LogP contribution in [0, 0.1) is 0 Å². The van der Waals surface area contributed by atoms with E-state index in [0.717, 1.165) is 31.9 Å². The Balaban J connectivity index is 1.46. The normalized spacial score (nSPS) is 20.0. The van der Waals surface area contributed by atoms with Crippen molar-refractivity contribution < 1.29 is 0 Å². The quantitative estimate of drug-likeness (QED) is 0.852. The highest BCUT2D eigenvalue weighted by atomic mass is 32.1. The lowest BCUT2D eigenvalue weighted by Crippen LogP contribution is -2.31. The van der Waals surface area contributed by atoms with Crippen LogP contribution in [0.4, 0.5) is 0 Å². The van der Waals surface area contributed by atoms with Crippen molar-refractivity contribution in [3.8, 4) is 0 Å². The zero-order valence-corrected chi connectivity index (χ0v) is 13.8. The zero-order valence-electron chi connectivity index (χ0n) is 13.0. The SMILES string of the molecule is c1cc(CN2CCc3nc(C4CCCCC4)ncc3C2)cs1. The summed E-state index contributed by atoms with van der Waals surface area (Å²) in [6, 6.07) is 2.23. The number of rotatable bonds is 3. The van der Waals surface area contributed by atoms with Crippen LogP contribution in [0.2, 0.25) is 0 Å². The minimum absolute atomic E-state index is 0.614. The molecule has 4 heteroatoms. The summed E-state index contributed by atoms with van der Waals surface area (Å²) in [5.74, 6) is 1.73. The van der Waals surface area contributed by atoms with Gasteiger partial charge in [-0.15, -0.1) is 0 Å². The van der Waals surface area contributed by atoms with E-state index >= 15 is 0 Å². The molecule has 0 radical (unpaired) electrons. The summed E-state index contributed by atoms with van der Waals surface area (Å²) in [7, 11) is 0. The van der Waals surface area contributed by atoms with Gasteiger partial charge in [0.1, 0.15) is 5.82 Å². The molecule has 3 heterocycles. The molecule has 2 aromatic rings. The molecule has 1 aliphatic heterocycles. The first-order valence-electron chi connectivity index (χ1n) is 8.46. The van der Waals surface area contributed by atoms with Gasteiger partial charge >= 0.3 is 0 Å². The largest absolute Gasteiger partial charge is 0.294 e. The van der Waals surface area contributed by atoms with Crippen LogP contribution in [-0.2, 0) is 19.5 Å². The Labute approximate surface area is 136 Å². The van der Waals surface area contributed by atoms with E-state index in [1.807, 2.05) is 0 Å². The fourth-order valence-corrected chi connectivity index (χ4v) is 4.38. The Bertz CT molecular complexity index is 617. The summed E-state index contributed by atoms with van der Waals surface area (Å²) in [5, 5.41) is 4.41. The van der Waals surface area contributed by atoms with E-state index in [0.29, 0.717) is 5.92 Å². The van der Waals surface area contributed by atoms with Gasteiger partial charge in [-0.1, -0.05) is 19.3 Å². The zero-order chi connectivity index (χ0) is 14.8. The van der Waals surface area contributed by atoms with Crippen LogP contribution in [0.25, 0.3) is 0 Å². The molecular weight excluding hydrogens is 290 g/mol. The molecule has 0 saturated heterocycles. The third-order valence-electron chi connectivity index (χ3n) is 4.99. The molecule has 22 heavy (non-hydrogen) atoms. The van der Waals surface area contributed by atoms with E-state index < -0.39 is 0 Å². The minimum atomic E-state index is 0.614. The molecular formula is C18H23N3S. The lowest BCUT2D eigenvalue weighted by Gasteiger charge is -2.28. The van der Waals surface area contributed by atoms with Crippen molar-refractivity contribution in [2.75, 3.05) is 6.54 Å². The Hall–Kier alpha value is -1.26. The van der Waals surface area contributed by atoms with Crippen LogP contribution in [0.5, 0.6) is 0 Å². The molecule has 1 saturated carbocycles. The molecule has 0 spiro atoms. The second-order valence-electron chi connectivity index (χ2n) is 6.63. The average molecular weight is 313 g/mol. The van der Waals surface area contributed by atoms with Crippen LogP contribution in [-0.4, -0.2) is 21.4 Å². The highest BCUT2D eigenvalue weighted by Gasteiger charge is 2.22. The second-order valence-corrected chi connectivity index (χ2v) is 7.41. The van der Waals surface area contributed by atoms with Crippen molar-refractivity contribution in [1.29, 1.82) is 0 Å². The number of thiophene rings is 1.